The molecule has 0 bridgehead atoms. The summed E-state index contributed by atoms with van der Waals surface area (Å²) < 4.78 is 14.2. The molecule has 1 atom stereocenters. The van der Waals surface area contributed by atoms with E-state index < -0.39 is 5.67 Å². The molecule has 1 rings (SSSR count). The van der Waals surface area contributed by atoms with Crippen LogP contribution in [0.2, 0.25) is 5.02 Å². The van der Waals surface area contributed by atoms with E-state index in [1.165, 1.54) is 0 Å². The van der Waals surface area contributed by atoms with Crippen LogP contribution in [0.25, 0.3) is 0 Å². The number of alkyl halides is 1. The fraction of sp³-hybridized carbons (Fsp3) is 0.455. The van der Waals surface area contributed by atoms with Crippen molar-refractivity contribution >= 4 is 11.6 Å². The van der Waals surface area contributed by atoms with Crippen molar-refractivity contribution in [3.63, 3.8) is 0 Å². The summed E-state index contributed by atoms with van der Waals surface area (Å²) in [4.78, 5) is 0. The third-order valence-electron chi connectivity index (χ3n) is 2.33. The van der Waals surface area contributed by atoms with Crippen molar-refractivity contribution in [1.82, 2.24) is 0 Å². The Bertz CT molecular complexity index is 286. The van der Waals surface area contributed by atoms with Crippen LogP contribution >= 0.6 is 11.6 Å². The third-order valence-corrected chi connectivity index (χ3v) is 2.58. The van der Waals surface area contributed by atoms with Crippen LogP contribution in [0.3, 0.4) is 0 Å². The van der Waals surface area contributed by atoms with E-state index in [-0.39, 0.29) is 6.54 Å². The van der Waals surface area contributed by atoms with E-state index in [2.05, 4.69) is 0 Å². The first-order chi connectivity index (χ1) is 6.62. The molecule has 1 aromatic carbocycles. The number of nitrogens with two attached hydrogens (primary N) is 1. The van der Waals surface area contributed by atoms with E-state index in [9.17, 15) is 4.39 Å². The largest absolute Gasteiger partial charge is 0.327 e. The Morgan fingerprint density at radius 1 is 1.36 bits per heavy atom. The van der Waals surface area contributed by atoms with Gasteiger partial charge in [0, 0.05) is 11.6 Å². The first-order valence-electron chi connectivity index (χ1n) is 4.77. The maximum absolute atomic E-state index is 14.2. The SMILES string of the molecule is CCCC(F)(CN)c1ccc(Cl)cc1. The van der Waals surface area contributed by atoms with Gasteiger partial charge in [0.05, 0.1) is 0 Å². The van der Waals surface area contributed by atoms with Crippen molar-refractivity contribution in [3.05, 3.63) is 34.9 Å². The van der Waals surface area contributed by atoms with Crippen LogP contribution < -0.4 is 5.73 Å². The Labute approximate surface area is 89.1 Å². The quantitative estimate of drug-likeness (QED) is 0.820. The second-order valence-corrected chi connectivity index (χ2v) is 3.86. The number of rotatable bonds is 4. The minimum absolute atomic E-state index is 0.0163. The lowest BCUT2D eigenvalue weighted by Gasteiger charge is -2.23. The minimum Gasteiger partial charge on any atom is -0.327 e. The van der Waals surface area contributed by atoms with Crippen molar-refractivity contribution in [2.45, 2.75) is 25.4 Å². The second kappa shape index (κ2) is 4.76. The summed E-state index contributed by atoms with van der Waals surface area (Å²) in [6.07, 6.45) is 1.22. The van der Waals surface area contributed by atoms with Gasteiger partial charge >= 0.3 is 0 Å². The van der Waals surface area contributed by atoms with E-state index >= 15 is 0 Å². The maximum Gasteiger partial charge on any atom is 0.148 e. The molecule has 14 heavy (non-hydrogen) atoms. The first-order valence-corrected chi connectivity index (χ1v) is 5.15. The van der Waals surface area contributed by atoms with Gasteiger partial charge in [-0.05, 0) is 24.1 Å². The van der Waals surface area contributed by atoms with Gasteiger partial charge in [-0.3, -0.25) is 0 Å². The molecule has 0 saturated carbocycles. The minimum atomic E-state index is -1.40. The van der Waals surface area contributed by atoms with Crippen LogP contribution in [0.15, 0.2) is 24.3 Å². The van der Waals surface area contributed by atoms with Gasteiger partial charge in [0.15, 0.2) is 0 Å². The molecule has 0 amide bonds. The van der Waals surface area contributed by atoms with Crippen LogP contribution in [0.5, 0.6) is 0 Å². The highest BCUT2D eigenvalue weighted by atomic mass is 35.5. The molecule has 0 aromatic heterocycles. The average molecular weight is 216 g/mol. The Morgan fingerprint density at radius 3 is 2.36 bits per heavy atom. The monoisotopic (exact) mass is 215 g/mol. The molecule has 0 saturated heterocycles. The fourth-order valence-electron chi connectivity index (χ4n) is 1.51. The number of hydrogen-bond donors (Lipinski definition) is 1. The van der Waals surface area contributed by atoms with E-state index in [0.29, 0.717) is 17.0 Å². The summed E-state index contributed by atoms with van der Waals surface area (Å²) in [7, 11) is 0. The molecule has 78 valence electrons. The van der Waals surface area contributed by atoms with Gasteiger partial charge in [-0.2, -0.15) is 0 Å². The molecule has 1 nitrogen and oxygen atoms in total. The van der Waals surface area contributed by atoms with Gasteiger partial charge in [0.25, 0.3) is 0 Å². The Hall–Kier alpha value is -0.600. The molecule has 3 heteroatoms. The van der Waals surface area contributed by atoms with Gasteiger partial charge in [-0.1, -0.05) is 37.1 Å². The van der Waals surface area contributed by atoms with E-state index in [4.69, 9.17) is 17.3 Å². The van der Waals surface area contributed by atoms with Gasteiger partial charge in [0.2, 0.25) is 0 Å². The van der Waals surface area contributed by atoms with Crippen molar-refractivity contribution in [3.8, 4) is 0 Å². The molecule has 1 unspecified atom stereocenters. The summed E-state index contributed by atoms with van der Waals surface area (Å²) in [5.74, 6) is 0. The fourth-order valence-corrected chi connectivity index (χ4v) is 1.64. The molecule has 0 heterocycles. The molecule has 0 aliphatic heterocycles. The number of benzene rings is 1. The van der Waals surface area contributed by atoms with Crippen LogP contribution in [0, 0.1) is 0 Å². The van der Waals surface area contributed by atoms with Crippen molar-refractivity contribution < 1.29 is 4.39 Å². The highest BCUT2D eigenvalue weighted by molar-refractivity contribution is 6.30. The van der Waals surface area contributed by atoms with Gasteiger partial charge in [-0.25, -0.2) is 4.39 Å². The van der Waals surface area contributed by atoms with Gasteiger partial charge in [0.1, 0.15) is 5.67 Å². The topological polar surface area (TPSA) is 26.0 Å². The molecular formula is C11H15ClFN. The zero-order valence-electron chi connectivity index (χ0n) is 8.26. The average Bonchev–Trinajstić information content (AvgIpc) is 2.19. The smallest absolute Gasteiger partial charge is 0.148 e. The first kappa shape index (κ1) is 11.5. The van der Waals surface area contributed by atoms with Crippen molar-refractivity contribution in [2.24, 2.45) is 5.73 Å². The molecule has 1 aromatic rings. The Morgan fingerprint density at radius 2 is 1.93 bits per heavy atom. The summed E-state index contributed by atoms with van der Waals surface area (Å²) in [6, 6.07) is 6.78. The van der Waals surface area contributed by atoms with Gasteiger partial charge in [-0.15, -0.1) is 0 Å². The molecule has 0 aliphatic rings. The lowest BCUT2D eigenvalue weighted by atomic mass is 9.91. The lowest BCUT2D eigenvalue weighted by molar-refractivity contribution is 0.159. The summed E-state index contributed by atoms with van der Waals surface area (Å²) in [5.41, 5.74) is 4.67. The van der Waals surface area contributed by atoms with Crippen LogP contribution in [0.4, 0.5) is 4.39 Å². The van der Waals surface area contributed by atoms with Gasteiger partial charge < -0.3 is 5.73 Å². The number of hydrogen-bond acceptors (Lipinski definition) is 1. The maximum atomic E-state index is 14.2. The Kier molecular flexibility index (Phi) is 3.90. The van der Waals surface area contributed by atoms with Crippen LogP contribution in [0.1, 0.15) is 25.3 Å². The molecule has 0 spiro atoms. The molecule has 0 radical (unpaired) electrons. The van der Waals surface area contributed by atoms with E-state index in [1.807, 2.05) is 6.92 Å². The summed E-state index contributed by atoms with van der Waals surface area (Å²) >= 11 is 5.73. The standard InChI is InChI=1S/C11H15ClFN/c1-2-7-11(13,8-14)9-3-5-10(12)6-4-9/h3-6H,2,7-8,14H2,1H3. The predicted octanol–water partition coefficient (Wildman–Crippen LogP) is 3.26. The van der Waals surface area contributed by atoms with Crippen LogP contribution in [-0.4, -0.2) is 6.54 Å². The lowest BCUT2D eigenvalue weighted by Crippen LogP contribution is -2.30. The molecular weight excluding hydrogens is 201 g/mol. The Balaban J connectivity index is 2.94. The normalized spacial score (nSPS) is 15.1. The highest BCUT2D eigenvalue weighted by Gasteiger charge is 2.28. The third kappa shape index (κ3) is 2.46. The highest BCUT2D eigenvalue weighted by Crippen LogP contribution is 2.30. The number of halogens is 2. The van der Waals surface area contributed by atoms with E-state index in [1.54, 1.807) is 24.3 Å². The second-order valence-electron chi connectivity index (χ2n) is 3.43. The van der Waals surface area contributed by atoms with Crippen molar-refractivity contribution in [1.29, 1.82) is 0 Å². The van der Waals surface area contributed by atoms with Crippen LogP contribution in [-0.2, 0) is 5.67 Å². The zero-order valence-corrected chi connectivity index (χ0v) is 9.02. The summed E-state index contributed by atoms with van der Waals surface area (Å²) in [6.45, 7) is 1.96. The zero-order chi connectivity index (χ0) is 10.6. The molecule has 0 fully saturated rings. The molecule has 2 N–H and O–H groups in total. The van der Waals surface area contributed by atoms with E-state index in [0.717, 1.165) is 6.42 Å². The summed E-state index contributed by atoms with van der Waals surface area (Å²) in [5, 5.41) is 0.615. The van der Waals surface area contributed by atoms with Crippen molar-refractivity contribution in [2.75, 3.05) is 6.54 Å². The molecule has 0 aliphatic carbocycles. The predicted molar refractivity (Wildman–Crippen MR) is 58.2 cm³/mol.